The van der Waals surface area contributed by atoms with Gasteiger partial charge in [0.2, 0.25) is 0 Å². The summed E-state index contributed by atoms with van der Waals surface area (Å²) in [5.74, 6) is 0.593. The normalized spacial score (nSPS) is 12.2. The van der Waals surface area contributed by atoms with Gasteiger partial charge in [0, 0.05) is 34.2 Å². The van der Waals surface area contributed by atoms with Crippen LogP contribution in [0.4, 0.5) is 5.69 Å². The Morgan fingerprint density at radius 2 is 1.96 bits per heavy atom. The molecule has 24 heavy (non-hydrogen) atoms. The fourth-order valence-electron chi connectivity index (χ4n) is 2.76. The first-order valence-corrected chi connectivity index (χ1v) is 9.18. The van der Waals surface area contributed by atoms with E-state index >= 15 is 0 Å². The van der Waals surface area contributed by atoms with E-state index in [0.29, 0.717) is 10.9 Å². The van der Waals surface area contributed by atoms with Gasteiger partial charge in [-0.15, -0.1) is 24.0 Å². The van der Waals surface area contributed by atoms with Crippen LogP contribution in [-0.2, 0) is 0 Å². The van der Waals surface area contributed by atoms with Crippen LogP contribution in [0, 0.1) is 0 Å². The minimum Gasteiger partial charge on any atom is -0.381 e. The number of nitrogens with zero attached hydrogens (tertiary/aromatic N) is 2. The summed E-state index contributed by atoms with van der Waals surface area (Å²) in [7, 11) is 0. The predicted molar refractivity (Wildman–Crippen MR) is 109 cm³/mol. The average Bonchev–Trinajstić information content (AvgIpc) is 2.57. The Labute approximate surface area is 161 Å². The lowest BCUT2D eigenvalue weighted by molar-refractivity contribution is 0.295. The number of alkyl halides is 1. The second-order valence-electron chi connectivity index (χ2n) is 5.68. The van der Waals surface area contributed by atoms with Gasteiger partial charge >= 0.3 is 0 Å². The first kappa shape index (κ1) is 21.3. The molecule has 2 rings (SSSR count). The van der Waals surface area contributed by atoms with Gasteiger partial charge in [0.25, 0.3) is 0 Å². The van der Waals surface area contributed by atoms with Crippen LogP contribution >= 0.6 is 35.6 Å². The molecule has 0 fully saturated rings. The van der Waals surface area contributed by atoms with Crippen molar-refractivity contribution in [2.45, 2.75) is 32.7 Å². The Kier molecular flexibility index (Phi) is 9.75. The van der Waals surface area contributed by atoms with E-state index in [1.165, 1.54) is 0 Å². The SMILES string of the molecule is CCN(CC)CCCC(CCl)Nc1ccnc2cc(Cl)ccc12.Cl. The summed E-state index contributed by atoms with van der Waals surface area (Å²) >= 11 is 12.2. The van der Waals surface area contributed by atoms with Gasteiger partial charge < -0.3 is 10.2 Å². The third kappa shape index (κ3) is 5.96. The van der Waals surface area contributed by atoms with E-state index in [0.717, 1.165) is 49.1 Å². The van der Waals surface area contributed by atoms with Crippen LogP contribution in [-0.4, -0.2) is 41.4 Å². The van der Waals surface area contributed by atoms with Crippen molar-refractivity contribution in [1.82, 2.24) is 9.88 Å². The lowest BCUT2D eigenvalue weighted by atomic mass is 10.1. The zero-order chi connectivity index (χ0) is 16.7. The largest absolute Gasteiger partial charge is 0.381 e. The maximum absolute atomic E-state index is 6.16. The molecule has 3 nitrogen and oxygen atoms in total. The summed E-state index contributed by atoms with van der Waals surface area (Å²) in [6, 6.07) is 8.05. The molecule has 1 N–H and O–H groups in total. The highest BCUT2D eigenvalue weighted by Crippen LogP contribution is 2.25. The van der Waals surface area contributed by atoms with Crippen LogP contribution in [0.2, 0.25) is 5.02 Å². The molecule has 0 aliphatic heterocycles. The van der Waals surface area contributed by atoms with E-state index in [1.807, 2.05) is 30.5 Å². The molecule has 1 atom stereocenters. The number of nitrogens with one attached hydrogen (secondary N) is 1. The molecule has 0 saturated heterocycles. The summed E-state index contributed by atoms with van der Waals surface area (Å²) in [6.07, 6.45) is 4.00. The average molecular weight is 391 g/mol. The highest BCUT2D eigenvalue weighted by atomic mass is 35.5. The second-order valence-corrected chi connectivity index (χ2v) is 6.43. The summed E-state index contributed by atoms with van der Waals surface area (Å²) in [5, 5.41) is 5.35. The first-order valence-electron chi connectivity index (χ1n) is 8.27. The zero-order valence-electron chi connectivity index (χ0n) is 14.3. The van der Waals surface area contributed by atoms with Crippen molar-refractivity contribution in [3.8, 4) is 0 Å². The molecular weight excluding hydrogens is 365 g/mol. The molecule has 2 aromatic rings. The molecule has 6 heteroatoms. The standard InChI is InChI=1S/C18H25Cl2N3.ClH/c1-3-23(4-2)11-5-6-15(13-19)22-17-9-10-21-18-12-14(20)7-8-16(17)18;/h7-10,12,15H,3-6,11,13H2,1-2H3,(H,21,22);1H. The maximum atomic E-state index is 6.16. The Morgan fingerprint density at radius 3 is 2.62 bits per heavy atom. The molecule has 0 spiro atoms. The van der Waals surface area contributed by atoms with E-state index < -0.39 is 0 Å². The van der Waals surface area contributed by atoms with Crippen LogP contribution in [0.5, 0.6) is 0 Å². The van der Waals surface area contributed by atoms with Gasteiger partial charge in [-0.05, 0) is 56.7 Å². The second kappa shape index (κ2) is 11.0. The van der Waals surface area contributed by atoms with Gasteiger partial charge in [0.15, 0.2) is 0 Å². The molecule has 0 aliphatic rings. The Bertz CT molecular complexity index is 617. The van der Waals surface area contributed by atoms with E-state index in [1.54, 1.807) is 0 Å². The van der Waals surface area contributed by atoms with Crippen molar-refractivity contribution < 1.29 is 0 Å². The van der Waals surface area contributed by atoms with E-state index in [4.69, 9.17) is 23.2 Å². The molecule has 134 valence electrons. The summed E-state index contributed by atoms with van der Waals surface area (Å²) in [5.41, 5.74) is 1.97. The number of hydrogen-bond donors (Lipinski definition) is 1. The van der Waals surface area contributed by atoms with Gasteiger partial charge in [0.1, 0.15) is 0 Å². The Hall–Kier alpha value is -0.740. The van der Waals surface area contributed by atoms with Crippen LogP contribution in [0.1, 0.15) is 26.7 Å². The molecule has 1 unspecified atom stereocenters. The topological polar surface area (TPSA) is 28.2 Å². The number of fused-ring (bicyclic) bond motifs is 1. The molecule has 0 radical (unpaired) electrons. The van der Waals surface area contributed by atoms with Crippen molar-refractivity contribution in [3.05, 3.63) is 35.5 Å². The van der Waals surface area contributed by atoms with Crippen molar-refractivity contribution in [3.63, 3.8) is 0 Å². The number of pyridine rings is 1. The highest BCUT2D eigenvalue weighted by molar-refractivity contribution is 6.31. The molecule has 0 amide bonds. The van der Waals surface area contributed by atoms with Gasteiger partial charge in [-0.1, -0.05) is 25.4 Å². The van der Waals surface area contributed by atoms with Crippen LogP contribution < -0.4 is 5.32 Å². The van der Waals surface area contributed by atoms with Gasteiger partial charge in [-0.2, -0.15) is 0 Å². The molecule has 1 aromatic heterocycles. The number of anilines is 1. The summed E-state index contributed by atoms with van der Waals surface area (Å²) < 4.78 is 0. The third-order valence-corrected chi connectivity index (χ3v) is 4.78. The minimum absolute atomic E-state index is 0. The summed E-state index contributed by atoms with van der Waals surface area (Å²) in [6.45, 7) is 7.73. The molecule has 1 aromatic carbocycles. The molecular formula is C18H26Cl3N3. The Morgan fingerprint density at radius 1 is 1.21 bits per heavy atom. The van der Waals surface area contributed by atoms with Crippen LogP contribution in [0.3, 0.4) is 0 Å². The lowest BCUT2D eigenvalue weighted by Gasteiger charge is -2.22. The predicted octanol–water partition coefficient (Wildman–Crippen LogP) is 5.45. The lowest BCUT2D eigenvalue weighted by Crippen LogP contribution is -2.27. The molecule has 1 heterocycles. The fourth-order valence-corrected chi connectivity index (χ4v) is 3.15. The number of benzene rings is 1. The number of aromatic nitrogens is 1. The van der Waals surface area contributed by atoms with Crippen LogP contribution in [0.25, 0.3) is 10.9 Å². The van der Waals surface area contributed by atoms with Crippen LogP contribution in [0.15, 0.2) is 30.5 Å². The smallest absolute Gasteiger partial charge is 0.0737 e. The third-order valence-electron chi connectivity index (χ3n) is 4.17. The quantitative estimate of drug-likeness (QED) is 0.577. The van der Waals surface area contributed by atoms with E-state index in [2.05, 4.69) is 29.0 Å². The molecule has 0 aliphatic carbocycles. The minimum atomic E-state index is 0. The molecule has 0 saturated carbocycles. The van der Waals surface area contributed by atoms with E-state index in [-0.39, 0.29) is 18.4 Å². The number of hydrogen-bond acceptors (Lipinski definition) is 3. The summed E-state index contributed by atoms with van der Waals surface area (Å²) in [4.78, 5) is 6.82. The fraction of sp³-hybridized carbons (Fsp3) is 0.500. The number of rotatable bonds is 9. The van der Waals surface area contributed by atoms with E-state index in [9.17, 15) is 0 Å². The van der Waals surface area contributed by atoms with Crippen molar-refractivity contribution in [2.24, 2.45) is 0 Å². The first-order chi connectivity index (χ1) is 11.2. The van der Waals surface area contributed by atoms with Gasteiger partial charge in [-0.25, -0.2) is 0 Å². The van der Waals surface area contributed by atoms with Gasteiger partial charge in [-0.3, -0.25) is 4.98 Å². The molecule has 0 bridgehead atoms. The number of halogens is 3. The zero-order valence-corrected chi connectivity index (χ0v) is 16.6. The monoisotopic (exact) mass is 389 g/mol. The van der Waals surface area contributed by atoms with Crippen molar-refractivity contribution >= 4 is 52.2 Å². The van der Waals surface area contributed by atoms with Crippen molar-refractivity contribution in [1.29, 1.82) is 0 Å². The Balaban J connectivity index is 0.00000288. The highest BCUT2D eigenvalue weighted by Gasteiger charge is 2.10. The van der Waals surface area contributed by atoms with Gasteiger partial charge in [0.05, 0.1) is 5.52 Å². The maximum Gasteiger partial charge on any atom is 0.0737 e. The van der Waals surface area contributed by atoms with Crippen molar-refractivity contribution in [2.75, 3.05) is 30.8 Å².